The Morgan fingerprint density at radius 2 is 2.18 bits per heavy atom. The molecule has 0 heterocycles. The minimum Gasteiger partial charge on any atom is -0.299 e. The van der Waals surface area contributed by atoms with Gasteiger partial charge in [-0.15, -0.1) is 0 Å². The number of hydrogen-bond acceptors (Lipinski definition) is 1. The molecular weight excluding hydrogens is 136 g/mol. The molecule has 0 rings (SSSR count). The Morgan fingerprint density at radius 3 is 2.64 bits per heavy atom. The van der Waals surface area contributed by atoms with Crippen LogP contribution in [0.2, 0.25) is 0 Å². The lowest BCUT2D eigenvalue weighted by Gasteiger charge is -1.98. The molecule has 0 N–H and O–H groups in total. The third-order valence-electron chi connectivity index (χ3n) is 1.66. The average Bonchev–Trinajstić information content (AvgIpc) is 2.01. The molecule has 0 spiro atoms. The Balaban J connectivity index is 3.91. The molecule has 1 nitrogen and oxygen atoms in total. The number of carbonyl (C=O) groups is 1. The summed E-state index contributed by atoms with van der Waals surface area (Å²) in [6.07, 6.45) is 7.64. The van der Waals surface area contributed by atoms with Crippen molar-refractivity contribution in [3.05, 3.63) is 23.8 Å². The van der Waals surface area contributed by atoms with Crippen LogP contribution in [0.5, 0.6) is 0 Å². The number of carbonyl (C=O) groups excluding carboxylic acids is 1. The Kier molecular flexibility index (Phi) is 5.44. The van der Waals surface area contributed by atoms with Crippen LogP contribution in [-0.2, 0) is 4.79 Å². The van der Waals surface area contributed by atoms with Crippen LogP contribution in [0, 0.1) is 5.92 Å². The van der Waals surface area contributed by atoms with E-state index >= 15 is 0 Å². The molecule has 0 amide bonds. The fourth-order valence-electron chi connectivity index (χ4n) is 0.615. The Bertz CT molecular complexity index is 166. The van der Waals surface area contributed by atoms with Gasteiger partial charge in [0.05, 0.1) is 0 Å². The van der Waals surface area contributed by atoms with Crippen LogP contribution in [-0.4, -0.2) is 6.29 Å². The van der Waals surface area contributed by atoms with Crippen molar-refractivity contribution >= 4 is 6.29 Å². The van der Waals surface area contributed by atoms with Gasteiger partial charge in [-0.25, -0.2) is 0 Å². The van der Waals surface area contributed by atoms with E-state index in [9.17, 15) is 4.79 Å². The summed E-state index contributed by atoms with van der Waals surface area (Å²) in [6, 6.07) is 0. The van der Waals surface area contributed by atoms with Crippen LogP contribution in [0.3, 0.4) is 0 Å². The predicted octanol–water partition coefficient (Wildman–Crippen LogP) is 2.73. The van der Waals surface area contributed by atoms with Gasteiger partial charge in [0.1, 0.15) is 6.29 Å². The van der Waals surface area contributed by atoms with Crippen LogP contribution >= 0.6 is 0 Å². The zero-order valence-electron chi connectivity index (χ0n) is 7.50. The highest BCUT2D eigenvalue weighted by molar-refractivity contribution is 5.66. The molecule has 1 atom stereocenters. The van der Waals surface area contributed by atoms with Gasteiger partial charge in [-0.2, -0.15) is 0 Å². The van der Waals surface area contributed by atoms with Crippen LogP contribution < -0.4 is 0 Å². The summed E-state index contributed by atoms with van der Waals surface area (Å²) in [4.78, 5) is 10.0. The summed E-state index contributed by atoms with van der Waals surface area (Å²) in [5, 5.41) is 0. The number of allylic oxidation sites excluding steroid dienone is 4. The van der Waals surface area contributed by atoms with Crippen molar-refractivity contribution in [2.75, 3.05) is 0 Å². The first-order valence-corrected chi connectivity index (χ1v) is 4.01. The summed E-state index contributed by atoms with van der Waals surface area (Å²) in [5.41, 5.74) is 1.01. The first-order valence-electron chi connectivity index (χ1n) is 4.01. The van der Waals surface area contributed by atoms with E-state index in [1.807, 2.05) is 13.0 Å². The highest BCUT2D eigenvalue weighted by Gasteiger charge is 1.89. The van der Waals surface area contributed by atoms with E-state index in [0.29, 0.717) is 5.92 Å². The third-order valence-corrected chi connectivity index (χ3v) is 1.66. The summed E-state index contributed by atoms with van der Waals surface area (Å²) < 4.78 is 0. The third kappa shape index (κ3) is 5.59. The lowest BCUT2D eigenvalue weighted by atomic mass is 10.1. The molecule has 0 aromatic carbocycles. The molecule has 0 aromatic heterocycles. The van der Waals surface area contributed by atoms with Crippen molar-refractivity contribution in [1.29, 1.82) is 0 Å². The van der Waals surface area contributed by atoms with Crippen molar-refractivity contribution in [3.8, 4) is 0 Å². The first-order chi connectivity index (χ1) is 5.20. The largest absolute Gasteiger partial charge is 0.299 e. The van der Waals surface area contributed by atoms with E-state index in [-0.39, 0.29) is 0 Å². The monoisotopic (exact) mass is 152 g/mol. The zero-order valence-corrected chi connectivity index (χ0v) is 7.50. The van der Waals surface area contributed by atoms with Crippen molar-refractivity contribution in [2.24, 2.45) is 5.92 Å². The van der Waals surface area contributed by atoms with Gasteiger partial charge in [0.25, 0.3) is 0 Å². The molecule has 0 aliphatic heterocycles. The maximum absolute atomic E-state index is 10.0. The quantitative estimate of drug-likeness (QED) is 0.344. The molecule has 0 saturated carbocycles. The second-order valence-corrected chi connectivity index (χ2v) is 2.79. The Morgan fingerprint density at radius 1 is 1.55 bits per heavy atom. The zero-order chi connectivity index (χ0) is 8.69. The molecule has 0 saturated heterocycles. The minimum absolute atomic E-state index is 0.602. The molecule has 1 unspecified atom stereocenters. The van der Waals surface area contributed by atoms with E-state index in [1.165, 1.54) is 0 Å². The van der Waals surface area contributed by atoms with Gasteiger partial charge in [-0.05, 0) is 24.5 Å². The molecule has 0 aliphatic rings. The van der Waals surface area contributed by atoms with Crippen molar-refractivity contribution < 1.29 is 4.79 Å². The average molecular weight is 152 g/mol. The van der Waals surface area contributed by atoms with E-state index in [1.54, 1.807) is 6.08 Å². The molecule has 1 heteroatoms. The van der Waals surface area contributed by atoms with Gasteiger partial charge in [-0.1, -0.05) is 32.4 Å². The Hall–Kier alpha value is -0.850. The maximum Gasteiger partial charge on any atom is 0.143 e. The fourth-order valence-corrected chi connectivity index (χ4v) is 0.615. The summed E-state index contributed by atoms with van der Waals surface area (Å²) in [6.45, 7) is 6.23. The van der Waals surface area contributed by atoms with Crippen LogP contribution in [0.4, 0.5) is 0 Å². The van der Waals surface area contributed by atoms with Gasteiger partial charge in [0, 0.05) is 0 Å². The molecule has 0 aliphatic carbocycles. The summed E-state index contributed by atoms with van der Waals surface area (Å²) in [5.74, 6) is 0.602. The summed E-state index contributed by atoms with van der Waals surface area (Å²) >= 11 is 0. The Labute approximate surface area is 68.8 Å². The topological polar surface area (TPSA) is 17.1 Å². The molecule has 0 radical (unpaired) electrons. The molecule has 0 aromatic rings. The standard InChI is InChI=1S/C10H16O/c1-4-9(2)5-6-10(3)7-8-11/h5-9H,4H2,1-3H3/b6-5+,10-7+. The number of aldehydes is 1. The minimum atomic E-state index is 0.602. The van der Waals surface area contributed by atoms with E-state index in [2.05, 4.69) is 19.9 Å². The van der Waals surface area contributed by atoms with Gasteiger partial charge >= 0.3 is 0 Å². The van der Waals surface area contributed by atoms with Gasteiger partial charge in [0.2, 0.25) is 0 Å². The van der Waals surface area contributed by atoms with Gasteiger partial charge in [0.15, 0.2) is 0 Å². The normalized spacial score (nSPS) is 15.4. The predicted molar refractivity (Wildman–Crippen MR) is 48.4 cm³/mol. The maximum atomic E-state index is 10.0. The van der Waals surface area contributed by atoms with Crippen LogP contribution in [0.1, 0.15) is 27.2 Å². The summed E-state index contributed by atoms with van der Waals surface area (Å²) in [7, 11) is 0. The molecular formula is C10H16O. The SMILES string of the molecule is CCC(C)/C=C/C(C)=C/C=O. The second-order valence-electron chi connectivity index (χ2n) is 2.79. The van der Waals surface area contributed by atoms with Crippen molar-refractivity contribution in [3.63, 3.8) is 0 Å². The number of rotatable bonds is 4. The lowest BCUT2D eigenvalue weighted by Crippen LogP contribution is -1.84. The van der Waals surface area contributed by atoms with E-state index in [4.69, 9.17) is 0 Å². The molecule has 0 bridgehead atoms. The second kappa shape index (κ2) is 5.90. The number of hydrogen-bond donors (Lipinski definition) is 0. The molecule has 62 valence electrons. The molecule has 0 fully saturated rings. The van der Waals surface area contributed by atoms with E-state index in [0.717, 1.165) is 18.3 Å². The van der Waals surface area contributed by atoms with Gasteiger partial charge < -0.3 is 0 Å². The fraction of sp³-hybridized carbons (Fsp3) is 0.500. The van der Waals surface area contributed by atoms with Crippen LogP contribution in [0.25, 0.3) is 0 Å². The van der Waals surface area contributed by atoms with Gasteiger partial charge in [-0.3, -0.25) is 4.79 Å². The first kappa shape index (κ1) is 10.2. The highest BCUT2D eigenvalue weighted by Crippen LogP contribution is 2.04. The van der Waals surface area contributed by atoms with Crippen molar-refractivity contribution in [2.45, 2.75) is 27.2 Å². The molecule has 11 heavy (non-hydrogen) atoms. The van der Waals surface area contributed by atoms with Crippen LogP contribution in [0.15, 0.2) is 23.8 Å². The smallest absolute Gasteiger partial charge is 0.143 e. The lowest BCUT2D eigenvalue weighted by molar-refractivity contribution is -0.104. The highest BCUT2D eigenvalue weighted by atomic mass is 16.1. The van der Waals surface area contributed by atoms with E-state index < -0.39 is 0 Å². The van der Waals surface area contributed by atoms with Crippen molar-refractivity contribution in [1.82, 2.24) is 0 Å².